The van der Waals surface area contributed by atoms with Crippen molar-refractivity contribution < 1.29 is 4.68 Å². The van der Waals surface area contributed by atoms with Gasteiger partial charge in [-0.2, -0.15) is 5.10 Å². The van der Waals surface area contributed by atoms with Crippen molar-refractivity contribution >= 4 is 21.8 Å². The minimum Gasteiger partial charge on any atom is -0.361 e. The third kappa shape index (κ3) is 2.71. The molecule has 24 heavy (non-hydrogen) atoms. The monoisotopic (exact) mass is 318 g/mol. The maximum absolute atomic E-state index is 3.51. The van der Waals surface area contributed by atoms with Crippen molar-refractivity contribution in [3.63, 3.8) is 0 Å². The molecule has 0 aliphatic carbocycles. The molecule has 2 N–H and O–H groups in total. The van der Waals surface area contributed by atoms with Crippen LogP contribution in [0.15, 0.2) is 54.9 Å². The van der Waals surface area contributed by atoms with Crippen molar-refractivity contribution in [3.8, 4) is 0 Å². The Bertz CT molecular complexity index is 991. The predicted molar refractivity (Wildman–Crippen MR) is 99.3 cm³/mol. The van der Waals surface area contributed by atoms with E-state index in [1.807, 2.05) is 6.20 Å². The zero-order valence-corrected chi connectivity index (χ0v) is 14.5. The lowest BCUT2D eigenvalue weighted by Gasteiger charge is -2.07. The standard InChI is InChI=1S/C21H23N3/c1-14(2)16-4-7-21-19(10-16)13-24(23-21)12-15(3)17-5-6-20-18(11-17)8-9-22-20/h4-11,13-15,22H,12H2,1-3H3/p+1. The fraction of sp³-hybridized carbons (Fsp3) is 0.286. The lowest BCUT2D eigenvalue weighted by atomic mass is 10.00. The number of benzene rings is 2. The molecule has 3 nitrogen and oxygen atoms in total. The van der Waals surface area contributed by atoms with Gasteiger partial charge in [-0.1, -0.05) is 32.9 Å². The molecule has 1 unspecified atom stereocenters. The number of fused-ring (bicyclic) bond motifs is 2. The van der Waals surface area contributed by atoms with E-state index in [1.165, 1.54) is 32.9 Å². The molecular weight excluding hydrogens is 294 g/mol. The van der Waals surface area contributed by atoms with Crippen LogP contribution >= 0.6 is 0 Å². The van der Waals surface area contributed by atoms with Crippen LogP contribution in [0.5, 0.6) is 0 Å². The number of hydrogen-bond acceptors (Lipinski definition) is 0. The van der Waals surface area contributed by atoms with Crippen LogP contribution in [0, 0.1) is 0 Å². The SMILES string of the molecule is CC(C)c1ccc2[nH][n+](CC(C)c3ccc4[nH]ccc4c3)cc2c1. The highest BCUT2D eigenvalue weighted by atomic mass is 15.3. The number of rotatable bonds is 4. The van der Waals surface area contributed by atoms with Gasteiger partial charge in [0.05, 0.1) is 5.39 Å². The third-order valence-corrected chi connectivity index (χ3v) is 4.92. The molecule has 0 aliphatic heterocycles. The van der Waals surface area contributed by atoms with Crippen LogP contribution in [-0.2, 0) is 6.54 Å². The first-order chi connectivity index (χ1) is 11.6. The minimum absolute atomic E-state index is 0.451. The Morgan fingerprint density at radius 1 is 0.875 bits per heavy atom. The van der Waals surface area contributed by atoms with E-state index in [1.54, 1.807) is 0 Å². The fourth-order valence-corrected chi connectivity index (χ4v) is 3.38. The Balaban J connectivity index is 1.60. The van der Waals surface area contributed by atoms with Crippen molar-refractivity contribution in [2.45, 2.75) is 39.2 Å². The molecular formula is C21H24N3+. The second kappa shape index (κ2) is 5.82. The quantitative estimate of drug-likeness (QED) is 0.504. The van der Waals surface area contributed by atoms with Gasteiger partial charge < -0.3 is 4.98 Å². The van der Waals surface area contributed by atoms with E-state index in [2.05, 4.69) is 84.2 Å². The molecule has 0 amide bonds. The van der Waals surface area contributed by atoms with Gasteiger partial charge in [0.2, 0.25) is 6.20 Å². The van der Waals surface area contributed by atoms with Gasteiger partial charge in [0, 0.05) is 17.6 Å². The molecule has 0 fully saturated rings. The van der Waals surface area contributed by atoms with Crippen molar-refractivity contribution in [1.82, 2.24) is 10.1 Å². The molecule has 0 saturated heterocycles. The first-order valence-corrected chi connectivity index (χ1v) is 8.69. The number of aromatic amines is 2. The Hall–Kier alpha value is -2.55. The van der Waals surface area contributed by atoms with E-state index in [0.29, 0.717) is 11.8 Å². The van der Waals surface area contributed by atoms with Crippen LogP contribution in [-0.4, -0.2) is 10.1 Å². The van der Waals surface area contributed by atoms with Gasteiger partial charge >= 0.3 is 0 Å². The maximum Gasteiger partial charge on any atom is 0.203 e. The summed E-state index contributed by atoms with van der Waals surface area (Å²) < 4.78 is 2.21. The zero-order chi connectivity index (χ0) is 16.7. The second-order valence-corrected chi connectivity index (χ2v) is 7.12. The molecule has 2 heterocycles. The number of hydrogen-bond donors (Lipinski definition) is 2. The highest BCUT2D eigenvalue weighted by molar-refractivity contribution is 5.80. The summed E-state index contributed by atoms with van der Waals surface area (Å²) in [6.07, 6.45) is 4.23. The van der Waals surface area contributed by atoms with E-state index in [-0.39, 0.29) is 0 Å². The molecule has 0 saturated carbocycles. The molecule has 4 rings (SSSR count). The fourth-order valence-electron chi connectivity index (χ4n) is 3.38. The van der Waals surface area contributed by atoms with Gasteiger partial charge in [-0.15, -0.1) is 4.68 Å². The molecule has 122 valence electrons. The first-order valence-electron chi connectivity index (χ1n) is 8.69. The van der Waals surface area contributed by atoms with E-state index in [9.17, 15) is 0 Å². The number of nitrogens with one attached hydrogen (secondary N) is 2. The average molecular weight is 318 g/mol. The smallest absolute Gasteiger partial charge is 0.203 e. The van der Waals surface area contributed by atoms with Gasteiger partial charge in [-0.25, -0.2) is 0 Å². The van der Waals surface area contributed by atoms with Gasteiger partial charge in [0.25, 0.3) is 0 Å². The van der Waals surface area contributed by atoms with Gasteiger partial charge in [0.1, 0.15) is 5.52 Å². The topological polar surface area (TPSA) is 35.5 Å². The number of H-pyrrole nitrogens is 2. The van der Waals surface area contributed by atoms with Crippen molar-refractivity contribution in [3.05, 3.63) is 66.0 Å². The number of nitrogens with zero attached hydrogens (tertiary/aromatic N) is 1. The summed E-state index contributed by atoms with van der Waals surface area (Å²) in [6.45, 7) is 7.70. The van der Waals surface area contributed by atoms with Crippen LogP contribution in [0.25, 0.3) is 21.8 Å². The molecule has 0 bridgehead atoms. The highest BCUT2D eigenvalue weighted by Crippen LogP contribution is 2.22. The van der Waals surface area contributed by atoms with Gasteiger partial charge in [-0.3, -0.25) is 0 Å². The molecule has 2 aromatic carbocycles. The van der Waals surface area contributed by atoms with Crippen molar-refractivity contribution in [2.75, 3.05) is 0 Å². The normalized spacial score (nSPS) is 13.2. The Kier molecular flexibility index (Phi) is 3.64. The summed E-state index contributed by atoms with van der Waals surface area (Å²) in [5.41, 5.74) is 5.16. The number of aromatic nitrogens is 3. The minimum atomic E-state index is 0.451. The van der Waals surface area contributed by atoms with E-state index in [0.717, 1.165) is 6.54 Å². The van der Waals surface area contributed by atoms with E-state index >= 15 is 0 Å². The summed E-state index contributed by atoms with van der Waals surface area (Å²) in [7, 11) is 0. The first kappa shape index (κ1) is 15.0. The van der Waals surface area contributed by atoms with Crippen LogP contribution in [0.1, 0.15) is 43.7 Å². The lowest BCUT2D eigenvalue weighted by Crippen LogP contribution is -2.37. The summed E-state index contributed by atoms with van der Waals surface area (Å²) in [5, 5.41) is 6.07. The summed E-state index contributed by atoms with van der Waals surface area (Å²) in [5.74, 6) is 1.01. The van der Waals surface area contributed by atoms with E-state index < -0.39 is 0 Å². The van der Waals surface area contributed by atoms with Crippen molar-refractivity contribution in [1.29, 1.82) is 0 Å². The molecule has 0 spiro atoms. The summed E-state index contributed by atoms with van der Waals surface area (Å²) in [4.78, 5) is 3.26. The molecule has 0 radical (unpaired) electrons. The zero-order valence-electron chi connectivity index (χ0n) is 14.5. The molecule has 4 aromatic rings. The van der Waals surface area contributed by atoms with Gasteiger partial charge in [-0.05, 0) is 52.8 Å². The van der Waals surface area contributed by atoms with Crippen LogP contribution in [0.4, 0.5) is 0 Å². The predicted octanol–water partition coefficient (Wildman–Crippen LogP) is 4.86. The Morgan fingerprint density at radius 2 is 1.62 bits per heavy atom. The average Bonchev–Trinajstić information content (AvgIpc) is 3.18. The Labute approximate surface area is 142 Å². The molecule has 3 heteroatoms. The molecule has 0 aliphatic rings. The van der Waals surface area contributed by atoms with Crippen LogP contribution in [0.3, 0.4) is 0 Å². The molecule has 2 aromatic heterocycles. The van der Waals surface area contributed by atoms with Crippen LogP contribution in [0.2, 0.25) is 0 Å². The summed E-state index contributed by atoms with van der Waals surface area (Å²) >= 11 is 0. The summed E-state index contributed by atoms with van der Waals surface area (Å²) in [6, 6.07) is 15.5. The largest absolute Gasteiger partial charge is 0.361 e. The second-order valence-electron chi connectivity index (χ2n) is 7.12. The Morgan fingerprint density at radius 3 is 2.46 bits per heavy atom. The highest BCUT2D eigenvalue weighted by Gasteiger charge is 2.15. The lowest BCUT2D eigenvalue weighted by molar-refractivity contribution is -0.750. The maximum atomic E-state index is 3.51. The van der Waals surface area contributed by atoms with Crippen LogP contribution < -0.4 is 4.68 Å². The molecule has 1 atom stereocenters. The third-order valence-electron chi connectivity index (χ3n) is 4.92. The van der Waals surface area contributed by atoms with Crippen molar-refractivity contribution in [2.24, 2.45) is 0 Å². The van der Waals surface area contributed by atoms with Gasteiger partial charge in [0.15, 0.2) is 6.54 Å². The van der Waals surface area contributed by atoms with E-state index in [4.69, 9.17) is 0 Å².